The predicted octanol–water partition coefficient (Wildman–Crippen LogP) is 2.05. The second kappa shape index (κ2) is 4.97. The lowest BCUT2D eigenvalue weighted by molar-refractivity contribution is -0.139. The lowest BCUT2D eigenvalue weighted by atomic mass is 10.0. The largest absolute Gasteiger partial charge is 0.480 e. The predicted molar refractivity (Wildman–Crippen MR) is 68.1 cm³/mol. The van der Waals surface area contributed by atoms with E-state index < -0.39 is 12.0 Å². The molecule has 0 bridgehead atoms. The first-order valence-electron chi connectivity index (χ1n) is 5.58. The van der Waals surface area contributed by atoms with Crippen LogP contribution in [-0.2, 0) is 11.2 Å². The molecule has 0 saturated heterocycles. The number of hydrogen-bond donors (Lipinski definition) is 2. The summed E-state index contributed by atoms with van der Waals surface area (Å²) in [5.41, 5.74) is 1.03. The third-order valence-corrected chi connectivity index (χ3v) is 2.90. The fraction of sp³-hybridized carbons (Fsp3) is 0.214. The maximum Gasteiger partial charge on any atom is 0.321 e. The summed E-state index contributed by atoms with van der Waals surface area (Å²) < 4.78 is 0. The number of likely N-dealkylation sites (N-methyl/N-ethyl adjacent to an activating group) is 1. The summed E-state index contributed by atoms with van der Waals surface area (Å²) in [6, 6.07) is 13.6. The van der Waals surface area contributed by atoms with Gasteiger partial charge in [0.25, 0.3) is 0 Å². The number of carboxylic acid groups (broad SMARTS) is 1. The van der Waals surface area contributed by atoms with Crippen LogP contribution in [0.5, 0.6) is 0 Å². The van der Waals surface area contributed by atoms with Gasteiger partial charge in [-0.15, -0.1) is 0 Å². The van der Waals surface area contributed by atoms with E-state index in [-0.39, 0.29) is 0 Å². The van der Waals surface area contributed by atoms with E-state index in [0.717, 1.165) is 10.9 Å². The molecular weight excluding hydrogens is 214 g/mol. The molecule has 0 unspecified atom stereocenters. The molecule has 0 fully saturated rings. The van der Waals surface area contributed by atoms with Crippen LogP contribution >= 0.6 is 0 Å². The Balaban J connectivity index is 2.27. The number of rotatable bonds is 4. The molecule has 0 saturated carbocycles. The highest BCUT2D eigenvalue weighted by atomic mass is 16.4. The number of benzene rings is 2. The van der Waals surface area contributed by atoms with Crippen LogP contribution in [-0.4, -0.2) is 24.2 Å². The van der Waals surface area contributed by atoms with Crippen LogP contribution in [0.25, 0.3) is 10.8 Å². The van der Waals surface area contributed by atoms with E-state index in [1.54, 1.807) is 7.05 Å². The number of carbonyl (C=O) groups is 1. The Bertz CT molecular complexity index is 536. The fourth-order valence-electron chi connectivity index (χ4n) is 1.91. The number of nitrogens with one attached hydrogen (secondary N) is 1. The summed E-state index contributed by atoms with van der Waals surface area (Å²) >= 11 is 0. The second-order valence-electron chi connectivity index (χ2n) is 4.07. The molecule has 3 heteroatoms. The van der Waals surface area contributed by atoms with Gasteiger partial charge in [0.2, 0.25) is 0 Å². The lowest BCUT2D eigenvalue weighted by Crippen LogP contribution is -2.35. The Hall–Kier alpha value is -1.87. The maximum absolute atomic E-state index is 10.9. The van der Waals surface area contributed by atoms with Gasteiger partial charge in [0.1, 0.15) is 6.04 Å². The van der Waals surface area contributed by atoms with Gasteiger partial charge in [-0.2, -0.15) is 0 Å². The topological polar surface area (TPSA) is 49.3 Å². The highest BCUT2D eigenvalue weighted by molar-refractivity contribution is 5.83. The van der Waals surface area contributed by atoms with Gasteiger partial charge < -0.3 is 10.4 Å². The molecule has 0 aromatic heterocycles. The first-order valence-corrected chi connectivity index (χ1v) is 5.58. The molecule has 2 rings (SSSR count). The molecular formula is C14H15NO2. The van der Waals surface area contributed by atoms with Crippen molar-refractivity contribution in [1.82, 2.24) is 5.32 Å². The number of aliphatic carboxylic acids is 1. The van der Waals surface area contributed by atoms with Crippen molar-refractivity contribution >= 4 is 16.7 Å². The quantitative estimate of drug-likeness (QED) is 0.843. The van der Waals surface area contributed by atoms with Crippen molar-refractivity contribution in [1.29, 1.82) is 0 Å². The molecule has 0 aliphatic rings. The number of hydrogen-bond acceptors (Lipinski definition) is 2. The van der Waals surface area contributed by atoms with Gasteiger partial charge in [-0.25, -0.2) is 0 Å². The van der Waals surface area contributed by atoms with Gasteiger partial charge in [0, 0.05) is 0 Å². The first-order chi connectivity index (χ1) is 8.20. The number of carboxylic acids is 1. The maximum atomic E-state index is 10.9. The van der Waals surface area contributed by atoms with Crippen molar-refractivity contribution < 1.29 is 9.90 Å². The van der Waals surface area contributed by atoms with Crippen LogP contribution in [0, 0.1) is 0 Å². The summed E-state index contributed by atoms with van der Waals surface area (Å²) in [7, 11) is 1.67. The van der Waals surface area contributed by atoms with Crippen molar-refractivity contribution in [2.75, 3.05) is 7.05 Å². The van der Waals surface area contributed by atoms with E-state index in [4.69, 9.17) is 5.11 Å². The Labute approximate surface area is 100 Å². The normalized spacial score (nSPS) is 12.5. The minimum Gasteiger partial charge on any atom is -0.480 e. The molecule has 0 aliphatic carbocycles. The van der Waals surface area contributed by atoms with Gasteiger partial charge in [-0.05, 0) is 29.8 Å². The van der Waals surface area contributed by atoms with E-state index in [1.807, 2.05) is 42.5 Å². The molecule has 1 atom stereocenters. The molecule has 3 nitrogen and oxygen atoms in total. The molecule has 17 heavy (non-hydrogen) atoms. The summed E-state index contributed by atoms with van der Waals surface area (Å²) in [5, 5.41) is 14.1. The Morgan fingerprint density at radius 1 is 1.24 bits per heavy atom. The molecule has 0 spiro atoms. The zero-order valence-corrected chi connectivity index (χ0v) is 9.68. The van der Waals surface area contributed by atoms with Gasteiger partial charge in [-0.3, -0.25) is 4.79 Å². The molecule has 2 aromatic carbocycles. The van der Waals surface area contributed by atoms with Crippen molar-refractivity contribution in [3.05, 3.63) is 48.0 Å². The van der Waals surface area contributed by atoms with Crippen molar-refractivity contribution in [3.8, 4) is 0 Å². The Morgan fingerprint density at radius 2 is 1.94 bits per heavy atom. The monoisotopic (exact) mass is 229 g/mol. The van der Waals surface area contributed by atoms with E-state index >= 15 is 0 Å². The first kappa shape index (κ1) is 11.6. The van der Waals surface area contributed by atoms with Crippen molar-refractivity contribution in [2.45, 2.75) is 12.5 Å². The van der Waals surface area contributed by atoms with Crippen LogP contribution in [0.4, 0.5) is 0 Å². The molecule has 0 radical (unpaired) electrons. The minimum atomic E-state index is -0.819. The van der Waals surface area contributed by atoms with Gasteiger partial charge >= 0.3 is 5.97 Å². The van der Waals surface area contributed by atoms with Crippen LogP contribution < -0.4 is 5.32 Å². The molecule has 2 aromatic rings. The summed E-state index contributed by atoms with van der Waals surface area (Å²) in [6.07, 6.45) is 0.497. The summed E-state index contributed by atoms with van der Waals surface area (Å²) in [6.45, 7) is 0. The third-order valence-electron chi connectivity index (χ3n) is 2.90. The standard InChI is InChI=1S/C14H15NO2/c1-15-13(14(16)17)9-10-6-7-11-4-2-3-5-12(11)8-10/h2-8,13,15H,9H2,1H3,(H,16,17)/t13-/m0/s1. The minimum absolute atomic E-state index is 0.497. The van der Waals surface area contributed by atoms with E-state index in [0.29, 0.717) is 6.42 Å². The zero-order valence-electron chi connectivity index (χ0n) is 9.68. The van der Waals surface area contributed by atoms with E-state index in [9.17, 15) is 4.79 Å². The zero-order chi connectivity index (χ0) is 12.3. The van der Waals surface area contributed by atoms with Crippen LogP contribution in [0.2, 0.25) is 0 Å². The highest BCUT2D eigenvalue weighted by Crippen LogP contribution is 2.16. The van der Waals surface area contributed by atoms with Crippen LogP contribution in [0.15, 0.2) is 42.5 Å². The van der Waals surface area contributed by atoms with Crippen molar-refractivity contribution in [3.63, 3.8) is 0 Å². The Kier molecular flexibility index (Phi) is 3.40. The van der Waals surface area contributed by atoms with Crippen LogP contribution in [0.1, 0.15) is 5.56 Å². The second-order valence-corrected chi connectivity index (χ2v) is 4.07. The average Bonchev–Trinajstić information content (AvgIpc) is 2.35. The number of fused-ring (bicyclic) bond motifs is 1. The lowest BCUT2D eigenvalue weighted by Gasteiger charge is -2.11. The van der Waals surface area contributed by atoms with E-state index in [1.165, 1.54) is 5.39 Å². The fourth-order valence-corrected chi connectivity index (χ4v) is 1.91. The average molecular weight is 229 g/mol. The molecule has 88 valence electrons. The summed E-state index contributed by atoms with van der Waals surface area (Å²) in [4.78, 5) is 10.9. The van der Waals surface area contributed by atoms with Crippen LogP contribution in [0.3, 0.4) is 0 Å². The molecule has 2 N–H and O–H groups in total. The highest BCUT2D eigenvalue weighted by Gasteiger charge is 2.15. The third kappa shape index (κ3) is 2.63. The van der Waals surface area contributed by atoms with Gasteiger partial charge in [-0.1, -0.05) is 42.5 Å². The molecule has 0 amide bonds. The summed E-state index contributed by atoms with van der Waals surface area (Å²) in [5.74, 6) is -0.819. The van der Waals surface area contributed by atoms with Crippen molar-refractivity contribution in [2.24, 2.45) is 0 Å². The van der Waals surface area contributed by atoms with Gasteiger partial charge in [0.05, 0.1) is 0 Å². The van der Waals surface area contributed by atoms with Gasteiger partial charge in [0.15, 0.2) is 0 Å². The SMILES string of the molecule is CN[C@@H](Cc1ccc2ccccc2c1)C(=O)O. The Morgan fingerprint density at radius 3 is 2.59 bits per heavy atom. The van der Waals surface area contributed by atoms with E-state index in [2.05, 4.69) is 5.32 Å². The molecule has 0 heterocycles. The smallest absolute Gasteiger partial charge is 0.321 e. The molecule has 0 aliphatic heterocycles.